The van der Waals surface area contributed by atoms with Gasteiger partial charge in [-0.3, -0.25) is 9.13 Å². The zero-order valence-corrected chi connectivity index (χ0v) is 13.9. The second-order valence-corrected chi connectivity index (χ2v) is 5.91. The lowest BCUT2D eigenvalue weighted by Crippen LogP contribution is -2.23. The molecule has 2 heterocycles. The summed E-state index contributed by atoms with van der Waals surface area (Å²) >= 11 is 0. The Labute approximate surface area is 146 Å². The second kappa shape index (κ2) is 6.67. The van der Waals surface area contributed by atoms with E-state index < -0.39 is 18.3 Å². The number of fused-ring (bicyclic) bond motifs is 1. The fourth-order valence-electron chi connectivity index (χ4n) is 2.88. The fraction of sp³-hybridized carbons (Fsp3) is 0.278. The van der Waals surface area contributed by atoms with Crippen LogP contribution in [-0.2, 0) is 13.6 Å². The summed E-state index contributed by atoms with van der Waals surface area (Å²) in [5.41, 5.74) is 2.03. The van der Waals surface area contributed by atoms with E-state index in [0.717, 1.165) is 0 Å². The number of aromatic nitrogens is 3. The molecule has 8 heteroatoms. The van der Waals surface area contributed by atoms with E-state index in [4.69, 9.17) is 0 Å². The second-order valence-electron chi connectivity index (χ2n) is 5.91. The fourth-order valence-corrected chi connectivity index (χ4v) is 2.88. The highest BCUT2D eigenvalue weighted by atomic mass is 19.4. The molecule has 0 unspecified atom stereocenters. The van der Waals surface area contributed by atoms with Gasteiger partial charge in [-0.1, -0.05) is 18.2 Å². The normalized spacial score (nSPS) is 11.7. The number of pyridine rings is 1. The summed E-state index contributed by atoms with van der Waals surface area (Å²) in [6, 6.07) is 12.4. The molecule has 0 fully saturated rings. The molecule has 0 spiro atoms. The van der Waals surface area contributed by atoms with Crippen LogP contribution in [0.15, 0.2) is 41.2 Å². The molecular formula is C18H15F3N4O. The molecule has 5 nitrogen and oxygen atoms in total. The number of imidazole rings is 1. The Morgan fingerprint density at radius 2 is 1.92 bits per heavy atom. The molecule has 0 saturated carbocycles. The lowest BCUT2D eigenvalue weighted by atomic mass is 10.1. The van der Waals surface area contributed by atoms with Crippen LogP contribution in [0.5, 0.6) is 0 Å². The van der Waals surface area contributed by atoms with Crippen molar-refractivity contribution in [2.24, 2.45) is 7.05 Å². The largest absolute Gasteiger partial charge is 0.389 e. The molecule has 0 radical (unpaired) electrons. The molecule has 0 aliphatic rings. The first-order valence-corrected chi connectivity index (χ1v) is 7.94. The first kappa shape index (κ1) is 17.7. The summed E-state index contributed by atoms with van der Waals surface area (Å²) in [7, 11) is 1.53. The van der Waals surface area contributed by atoms with Crippen molar-refractivity contribution < 1.29 is 13.2 Å². The van der Waals surface area contributed by atoms with Gasteiger partial charge in [-0.15, -0.1) is 0 Å². The van der Waals surface area contributed by atoms with Crippen LogP contribution >= 0.6 is 0 Å². The summed E-state index contributed by atoms with van der Waals surface area (Å²) in [4.78, 5) is 16.8. The van der Waals surface area contributed by atoms with Crippen LogP contribution < -0.4 is 5.69 Å². The van der Waals surface area contributed by atoms with Gasteiger partial charge in [0, 0.05) is 25.6 Å². The molecule has 0 amide bonds. The third-order valence-electron chi connectivity index (χ3n) is 4.15. The smallest absolute Gasteiger partial charge is 0.290 e. The Kier molecular flexibility index (Phi) is 4.55. The molecule has 2 aromatic heterocycles. The maximum absolute atomic E-state index is 12.4. The Morgan fingerprint density at radius 3 is 2.62 bits per heavy atom. The molecule has 26 heavy (non-hydrogen) atoms. The van der Waals surface area contributed by atoms with Crippen LogP contribution in [0.1, 0.15) is 18.4 Å². The first-order chi connectivity index (χ1) is 12.3. The third-order valence-corrected chi connectivity index (χ3v) is 4.15. The van der Waals surface area contributed by atoms with Crippen molar-refractivity contribution in [3.05, 3.63) is 52.4 Å². The molecule has 0 bridgehead atoms. The highest BCUT2D eigenvalue weighted by Crippen LogP contribution is 2.25. The number of aryl methyl sites for hydroxylation is 2. The Balaban J connectivity index is 2.03. The quantitative estimate of drug-likeness (QED) is 0.714. The van der Waals surface area contributed by atoms with E-state index in [2.05, 4.69) is 11.1 Å². The molecular weight excluding hydrogens is 345 g/mol. The minimum absolute atomic E-state index is 0.0362. The van der Waals surface area contributed by atoms with Crippen molar-refractivity contribution in [2.75, 3.05) is 0 Å². The molecule has 1 aromatic carbocycles. The number of alkyl halides is 3. The van der Waals surface area contributed by atoms with Gasteiger partial charge >= 0.3 is 11.9 Å². The number of halogens is 3. The summed E-state index contributed by atoms with van der Waals surface area (Å²) in [6.07, 6.45) is -5.38. The van der Waals surface area contributed by atoms with E-state index >= 15 is 0 Å². The SMILES string of the molecule is Cn1c(=O)n(CCCC(F)(F)F)c2ccc(-c3ccccc3C#N)nc21. The average molecular weight is 360 g/mol. The van der Waals surface area contributed by atoms with Crippen molar-refractivity contribution in [1.29, 1.82) is 5.26 Å². The van der Waals surface area contributed by atoms with Crippen LogP contribution in [-0.4, -0.2) is 20.3 Å². The Hall–Kier alpha value is -3.08. The molecule has 0 atom stereocenters. The van der Waals surface area contributed by atoms with Crippen LogP contribution in [0, 0.1) is 11.3 Å². The molecule has 0 N–H and O–H groups in total. The van der Waals surface area contributed by atoms with Gasteiger partial charge < -0.3 is 0 Å². The maximum atomic E-state index is 12.4. The molecule has 0 aliphatic heterocycles. The van der Waals surface area contributed by atoms with Gasteiger partial charge in [-0.25, -0.2) is 9.78 Å². The van der Waals surface area contributed by atoms with Crippen LogP contribution in [0.25, 0.3) is 22.4 Å². The number of hydrogen-bond donors (Lipinski definition) is 0. The number of nitriles is 1. The molecule has 3 aromatic rings. The number of benzene rings is 1. The van der Waals surface area contributed by atoms with Crippen molar-refractivity contribution >= 4 is 11.2 Å². The highest BCUT2D eigenvalue weighted by molar-refractivity contribution is 5.77. The predicted molar refractivity (Wildman–Crippen MR) is 90.4 cm³/mol. The summed E-state index contributed by atoms with van der Waals surface area (Å²) in [5, 5.41) is 9.23. The zero-order valence-electron chi connectivity index (χ0n) is 13.9. The van der Waals surface area contributed by atoms with Crippen molar-refractivity contribution in [3.63, 3.8) is 0 Å². The van der Waals surface area contributed by atoms with Gasteiger partial charge in [0.1, 0.15) is 0 Å². The van der Waals surface area contributed by atoms with Gasteiger partial charge in [0.05, 0.1) is 22.8 Å². The number of nitrogens with zero attached hydrogens (tertiary/aromatic N) is 4. The maximum Gasteiger partial charge on any atom is 0.389 e. The van der Waals surface area contributed by atoms with Gasteiger partial charge in [0.25, 0.3) is 0 Å². The Bertz CT molecular complexity index is 1060. The zero-order chi connectivity index (χ0) is 18.9. The standard InChI is InChI=1S/C18H15F3N4O/c1-24-16-15(25(17(24)26)10-4-9-18(19,20)21)8-7-14(23-16)13-6-3-2-5-12(13)11-22/h2-3,5-8H,4,9-10H2,1H3. The monoisotopic (exact) mass is 360 g/mol. The topological polar surface area (TPSA) is 63.6 Å². The van der Waals surface area contributed by atoms with Gasteiger partial charge in [-0.05, 0) is 24.6 Å². The van der Waals surface area contributed by atoms with E-state index in [1.54, 1.807) is 36.4 Å². The summed E-state index contributed by atoms with van der Waals surface area (Å²) in [5.74, 6) is 0. The van der Waals surface area contributed by atoms with Gasteiger partial charge in [-0.2, -0.15) is 18.4 Å². The molecule has 0 aliphatic carbocycles. The lowest BCUT2D eigenvalue weighted by molar-refractivity contribution is -0.135. The predicted octanol–water partition coefficient (Wildman–Crippen LogP) is 3.62. The first-order valence-electron chi connectivity index (χ1n) is 7.94. The summed E-state index contributed by atoms with van der Waals surface area (Å²) in [6.45, 7) is -0.0362. The third kappa shape index (κ3) is 3.33. The minimum atomic E-state index is -4.25. The van der Waals surface area contributed by atoms with Gasteiger partial charge in [0.2, 0.25) is 0 Å². The van der Waals surface area contributed by atoms with E-state index in [1.165, 1.54) is 16.2 Å². The van der Waals surface area contributed by atoms with Crippen LogP contribution in [0.2, 0.25) is 0 Å². The van der Waals surface area contributed by atoms with Crippen molar-refractivity contribution in [3.8, 4) is 17.3 Å². The molecule has 3 rings (SSSR count). The van der Waals surface area contributed by atoms with Crippen LogP contribution in [0.3, 0.4) is 0 Å². The molecule has 134 valence electrons. The van der Waals surface area contributed by atoms with Crippen molar-refractivity contribution in [2.45, 2.75) is 25.6 Å². The van der Waals surface area contributed by atoms with Crippen LogP contribution in [0.4, 0.5) is 13.2 Å². The highest BCUT2D eigenvalue weighted by Gasteiger charge is 2.26. The number of rotatable bonds is 4. The number of hydrogen-bond acceptors (Lipinski definition) is 3. The molecule has 0 saturated heterocycles. The van der Waals surface area contributed by atoms with E-state index in [9.17, 15) is 23.2 Å². The minimum Gasteiger partial charge on any atom is -0.290 e. The average Bonchev–Trinajstić information content (AvgIpc) is 2.85. The van der Waals surface area contributed by atoms with Crippen molar-refractivity contribution in [1.82, 2.24) is 14.1 Å². The lowest BCUT2D eigenvalue weighted by Gasteiger charge is -2.07. The van der Waals surface area contributed by atoms with E-state index in [-0.39, 0.29) is 13.0 Å². The van der Waals surface area contributed by atoms with Gasteiger partial charge in [0.15, 0.2) is 5.65 Å². The Morgan fingerprint density at radius 1 is 1.19 bits per heavy atom. The van der Waals surface area contributed by atoms with E-state index in [0.29, 0.717) is 28.0 Å². The van der Waals surface area contributed by atoms with E-state index in [1.807, 2.05) is 0 Å². The summed E-state index contributed by atoms with van der Waals surface area (Å²) < 4.78 is 39.7.